The van der Waals surface area contributed by atoms with Crippen molar-refractivity contribution in [2.75, 3.05) is 7.11 Å². The van der Waals surface area contributed by atoms with Crippen molar-refractivity contribution in [2.45, 2.75) is 13.5 Å². The van der Waals surface area contributed by atoms with Crippen LogP contribution in [0.15, 0.2) is 6.07 Å². The number of esters is 1. The molecule has 0 radical (unpaired) electrons. The number of hydrogen-bond donors (Lipinski definition) is 1. The van der Waals surface area contributed by atoms with E-state index in [9.17, 15) is 9.90 Å². The number of phenolic OH excluding ortho intramolecular Hbond substituents is 1. The van der Waals surface area contributed by atoms with Crippen LogP contribution in [0.25, 0.3) is 0 Å². The molecular weight excluding hydrogens is 184 g/mol. The molecule has 0 saturated heterocycles. The van der Waals surface area contributed by atoms with Gasteiger partial charge in [0.05, 0.1) is 7.11 Å². The SMILES string of the molecule is COc1cc(O)c2c(c1C)COC2=O. The van der Waals surface area contributed by atoms with Crippen LogP contribution in [0.2, 0.25) is 0 Å². The van der Waals surface area contributed by atoms with Crippen LogP contribution in [0.1, 0.15) is 21.5 Å². The molecule has 4 nitrogen and oxygen atoms in total. The van der Waals surface area contributed by atoms with Crippen molar-refractivity contribution in [3.8, 4) is 11.5 Å². The van der Waals surface area contributed by atoms with Gasteiger partial charge in [-0.15, -0.1) is 0 Å². The Bertz CT molecular complexity index is 409. The van der Waals surface area contributed by atoms with Gasteiger partial charge in [0.1, 0.15) is 23.7 Å². The van der Waals surface area contributed by atoms with E-state index in [1.165, 1.54) is 13.2 Å². The molecule has 0 spiro atoms. The van der Waals surface area contributed by atoms with Gasteiger partial charge in [0.2, 0.25) is 0 Å². The number of carbonyl (C=O) groups excluding carboxylic acids is 1. The van der Waals surface area contributed by atoms with Crippen molar-refractivity contribution in [3.63, 3.8) is 0 Å². The van der Waals surface area contributed by atoms with Gasteiger partial charge in [-0.2, -0.15) is 0 Å². The number of hydrogen-bond acceptors (Lipinski definition) is 4. The van der Waals surface area contributed by atoms with E-state index in [-0.39, 0.29) is 17.9 Å². The fraction of sp³-hybridized carbons (Fsp3) is 0.300. The lowest BCUT2D eigenvalue weighted by atomic mass is 10.0. The first-order valence-electron chi connectivity index (χ1n) is 4.21. The van der Waals surface area contributed by atoms with Gasteiger partial charge in [0.25, 0.3) is 0 Å². The summed E-state index contributed by atoms with van der Waals surface area (Å²) >= 11 is 0. The number of cyclic esters (lactones) is 1. The van der Waals surface area contributed by atoms with Gasteiger partial charge in [-0.25, -0.2) is 4.79 Å². The fourth-order valence-corrected chi connectivity index (χ4v) is 1.63. The minimum atomic E-state index is -0.469. The largest absolute Gasteiger partial charge is 0.507 e. The normalized spacial score (nSPS) is 13.7. The van der Waals surface area contributed by atoms with Crippen molar-refractivity contribution >= 4 is 5.97 Å². The van der Waals surface area contributed by atoms with Gasteiger partial charge in [-0.05, 0) is 12.5 Å². The standard InChI is InChI=1S/C10H10O4/c1-5-6-4-14-10(12)9(6)7(11)3-8(5)13-2/h3,11H,4H2,1-2H3. The summed E-state index contributed by atoms with van der Waals surface area (Å²) in [5, 5.41) is 9.56. The van der Waals surface area contributed by atoms with Gasteiger partial charge in [0.15, 0.2) is 0 Å². The van der Waals surface area contributed by atoms with Gasteiger partial charge in [-0.3, -0.25) is 0 Å². The van der Waals surface area contributed by atoms with E-state index in [1.54, 1.807) is 0 Å². The second-order valence-corrected chi connectivity index (χ2v) is 3.15. The molecule has 1 aliphatic rings. The van der Waals surface area contributed by atoms with Crippen molar-refractivity contribution < 1.29 is 19.4 Å². The highest BCUT2D eigenvalue weighted by molar-refractivity contribution is 5.97. The second kappa shape index (κ2) is 2.90. The number of carbonyl (C=O) groups is 1. The maximum absolute atomic E-state index is 11.2. The number of benzene rings is 1. The number of phenols is 1. The first kappa shape index (κ1) is 8.87. The quantitative estimate of drug-likeness (QED) is 0.686. The van der Waals surface area contributed by atoms with Crippen LogP contribution >= 0.6 is 0 Å². The summed E-state index contributed by atoms with van der Waals surface area (Å²) in [7, 11) is 1.52. The van der Waals surface area contributed by atoms with Crippen molar-refractivity contribution in [3.05, 3.63) is 22.8 Å². The van der Waals surface area contributed by atoms with Gasteiger partial charge in [0, 0.05) is 11.6 Å². The van der Waals surface area contributed by atoms with Crippen LogP contribution in [-0.4, -0.2) is 18.2 Å². The molecule has 1 aliphatic heterocycles. The molecule has 0 fully saturated rings. The predicted molar refractivity (Wildman–Crippen MR) is 48.5 cm³/mol. The second-order valence-electron chi connectivity index (χ2n) is 3.15. The maximum atomic E-state index is 11.2. The van der Waals surface area contributed by atoms with Crippen LogP contribution in [0.3, 0.4) is 0 Å². The Balaban J connectivity index is 2.70. The van der Waals surface area contributed by atoms with Crippen molar-refractivity contribution in [1.82, 2.24) is 0 Å². The average molecular weight is 194 g/mol. The first-order valence-corrected chi connectivity index (χ1v) is 4.21. The highest BCUT2D eigenvalue weighted by atomic mass is 16.5. The van der Waals surface area contributed by atoms with E-state index < -0.39 is 5.97 Å². The predicted octanol–water partition coefficient (Wildman–Crippen LogP) is 1.38. The molecule has 0 aliphatic carbocycles. The summed E-state index contributed by atoms with van der Waals surface area (Å²) in [5.41, 5.74) is 1.82. The van der Waals surface area contributed by atoms with E-state index in [2.05, 4.69) is 0 Å². The molecule has 2 rings (SSSR count). The summed E-state index contributed by atoms with van der Waals surface area (Å²) in [5.74, 6) is 0.0211. The molecule has 1 N–H and O–H groups in total. The van der Waals surface area contributed by atoms with Gasteiger partial charge >= 0.3 is 5.97 Å². The number of fused-ring (bicyclic) bond motifs is 1. The van der Waals surface area contributed by atoms with E-state index in [0.29, 0.717) is 11.3 Å². The molecule has 0 amide bonds. The van der Waals surface area contributed by atoms with Gasteiger partial charge < -0.3 is 14.6 Å². The van der Waals surface area contributed by atoms with E-state index in [4.69, 9.17) is 9.47 Å². The smallest absolute Gasteiger partial charge is 0.342 e. The van der Waals surface area contributed by atoms with Crippen LogP contribution in [0.4, 0.5) is 0 Å². The summed E-state index contributed by atoms with van der Waals surface area (Å²) in [6, 6.07) is 1.43. The third kappa shape index (κ3) is 1.04. The summed E-state index contributed by atoms with van der Waals surface area (Å²) in [6.07, 6.45) is 0. The first-order chi connectivity index (χ1) is 6.65. The molecule has 0 atom stereocenters. The minimum Gasteiger partial charge on any atom is -0.507 e. The Labute approximate surface area is 81.1 Å². The molecular formula is C10H10O4. The van der Waals surface area contributed by atoms with E-state index in [1.807, 2.05) is 6.92 Å². The minimum absolute atomic E-state index is 0.0787. The third-order valence-electron chi connectivity index (χ3n) is 2.42. The van der Waals surface area contributed by atoms with E-state index >= 15 is 0 Å². The fourth-order valence-electron chi connectivity index (χ4n) is 1.63. The highest BCUT2D eigenvalue weighted by Crippen LogP contribution is 2.36. The lowest BCUT2D eigenvalue weighted by molar-refractivity contribution is 0.0533. The molecule has 1 aromatic rings. The lowest BCUT2D eigenvalue weighted by Gasteiger charge is -2.08. The zero-order valence-corrected chi connectivity index (χ0v) is 7.96. The Morgan fingerprint density at radius 3 is 2.93 bits per heavy atom. The molecule has 0 aromatic heterocycles. The molecule has 1 aromatic carbocycles. The summed E-state index contributed by atoms with van der Waals surface area (Å²) in [6.45, 7) is 2.05. The Hall–Kier alpha value is -1.71. The highest BCUT2D eigenvalue weighted by Gasteiger charge is 2.28. The molecule has 4 heteroatoms. The molecule has 0 bridgehead atoms. The van der Waals surface area contributed by atoms with Crippen LogP contribution in [0.5, 0.6) is 11.5 Å². The molecule has 0 unspecified atom stereocenters. The monoisotopic (exact) mass is 194 g/mol. The number of rotatable bonds is 1. The number of ether oxygens (including phenoxy) is 2. The van der Waals surface area contributed by atoms with Gasteiger partial charge in [-0.1, -0.05) is 0 Å². The topological polar surface area (TPSA) is 55.8 Å². The molecule has 74 valence electrons. The average Bonchev–Trinajstić information content (AvgIpc) is 2.54. The Morgan fingerprint density at radius 1 is 1.57 bits per heavy atom. The summed E-state index contributed by atoms with van der Waals surface area (Å²) < 4.78 is 9.89. The van der Waals surface area contributed by atoms with Crippen molar-refractivity contribution in [1.29, 1.82) is 0 Å². The third-order valence-corrected chi connectivity index (χ3v) is 2.42. The van der Waals surface area contributed by atoms with Crippen LogP contribution in [0, 0.1) is 6.92 Å². The van der Waals surface area contributed by atoms with Crippen LogP contribution in [-0.2, 0) is 11.3 Å². The Kier molecular flexibility index (Phi) is 1.84. The maximum Gasteiger partial charge on any atom is 0.342 e. The van der Waals surface area contributed by atoms with Crippen LogP contribution < -0.4 is 4.74 Å². The van der Waals surface area contributed by atoms with E-state index in [0.717, 1.165) is 5.56 Å². The van der Waals surface area contributed by atoms with Crippen molar-refractivity contribution in [2.24, 2.45) is 0 Å². The number of aromatic hydroxyl groups is 1. The zero-order valence-electron chi connectivity index (χ0n) is 7.96. The lowest BCUT2D eigenvalue weighted by Crippen LogP contribution is -1.97. The number of methoxy groups -OCH3 is 1. The molecule has 0 saturated carbocycles. The summed E-state index contributed by atoms with van der Waals surface area (Å²) in [4.78, 5) is 11.2. The molecule has 1 heterocycles. The zero-order chi connectivity index (χ0) is 10.3. The molecule has 14 heavy (non-hydrogen) atoms. The Morgan fingerprint density at radius 2 is 2.29 bits per heavy atom.